The Kier molecular flexibility index (Phi) is 43.5. The molecule has 0 spiro atoms. The van der Waals surface area contributed by atoms with Crippen LogP contribution in [0.1, 0.15) is 251 Å². The summed E-state index contributed by atoms with van der Waals surface area (Å²) in [7, 11) is -4.72. The first-order valence-electron chi connectivity index (χ1n) is 25.2. The smallest absolute Gasteiger partial charge is 0.472 e. The molecular weight excluding hydrogens is 794 g/mol. The van der Waals surface area contributed by atoms with Gasteiger partial charge < -0.3 is 25.2 Å². The molecular formula is C49H94NO10P. The van der Waals surface area contributed by atoms with E-state index in [0.717, 1.165) is 57.8 Å². The van der Waals surface area contributed by atoms with Gasteiger partial charge >= 0.3 is 25.7 Å². The number of phosphoric acid groups is 1. The summed E-state index contributed by atoms with van der Waals surface area (Å²) in [6.45, 7) is 2.84. The number of rotatable bonds is 48. The van der Waals surface area contributed by atoms with E-state index in [1.54, 1.807) is 0 Å². The first kappa shape index (κ1) is 59.2. The highest BCUT2D eigenvalue weighted by molar-refractivity contribution is 7.47. The molecule has 0 aromatic rings. The van der Waals surface area contributed by atoms with Crippen LogP contribution in [0.3, 0.4) is 0 Å². The number of hydrogen-bond acceptors (Lipinski definition) is 9. The van der Waals surface area contributed by atoms with Crippen molar-refractivity contribution in [1.82, 2.24) is 0 Å². The lowest BCUT2D eigenvalue weighted by molar-refractivity contribution is -0.161. The van der Waals surface area contributed by atoms with Gasteiger partial charge in [0.2, 0.25) is 0 Å². The van der Waals surface area contributed by atoms with Crippen molar-refractivity contribution in [3.63, 3.8) is 0 Å². The zero-order valence-corrected chi connectivity index (χ0v) is 40.2. The number of carboxylic acid groups (broad SMARTS) is 1. The maximum Gasteiger partial charge on any atom is 0.472 e. The predicted octanol–water partition coefficient (Wildman–Crippen LogP) is 14.0. The van der Waals surface area contributed by atoms with Crippen LogP contribution in [0.5, 0.6) is 0 Å². The van der Waals surface area contributed by atoms with Gasteiger partial charge in [-0.1, -0.05) is 212 Å². The molecule has 0 aliphatic heterocycles. The van der Waals surface area contributed by atoms with Crippen LogP contribution in [0, 0.1) is 0 Å². The number of aliphatic carboxylic acids is 1. The summed E-state index contributed by atoms with van der Waals surface area (Å²) < 4.78 is 32.8. The Morgan fingerprint density at radius 1 is 0.492 bits per heavy atom. The molecule has 0 amide bonds. The van der Waals surface area contributed by atoms with Crippen molar-refractivity contribution >= 4 is 25.7 Å². The summed E-state index contributed by atoms with van der Waals surface area (Å²) in [6, 6.07) is -1.52. The second-order valence-corrected chi connectivity index (χ2v) is 18.8. The highest BCUT2D eigenvalue weighted by Gasteiger charge is 2.28. The lowest BCUT2D eigenvalue weighted by atomic mass is 10.0. The van der Waals surface area contributed by atoms with Crippen LogP contribution in [0.4, 0.5) is 0 Å². The molecule has 0 aliphatic carbocycles. The van der Waals surface area contributed by atoms with Crippen molar-refractivity contribution in [3.8, 4) is 0 Å². The van der Waals surface area contributed by atoms with Crippen LogP contribution in [0.2, 0.25) is 0 Å². The molecule has 12 heteroatoms. The fraction of sp³-hybridized carbons (Fsp3) is 0.898. The molecule has 0 heterocycles. The molecule has 1 unspecified atom stereocenters. The number of phosphoric ester groups is 1. The SMILES string of the molecule is CCCCCCCC/C=C/CCCCCCCC(=O)OC[C@@H](COP(=O)(O)OC[C@H](N)C(=O)O)OC(=O)CCCCCCCCCCCCCCCCCCCCCCCC. The van der Waals surface area contributed by atoms with E-state index in [1.165, 1.54) is 154 Å². The second-order valence-electron chi connectivity index (χ2n) is 17.3. The third kappa shape index (κ3) is 44.6. The van der Waals surface area contributed by atoms with E-state index < -0.39 is 51.1 Å². The standard InChI is InChI=1S/C49H94NO10P/c1-3-5-7-9-11-13-15-17-19-20-21-22-23-24-25-27-29-31-33-35-37-39-41-48(52)60-45(43-58-61(55,56)59-44-46(50)49(53)54)42-57-47(51)40-38-36-34-32-30-28-26-18-16-14-12-10-8-6-4-2/h18,26,45-46H,3-17,19-25,27-44,50H2,1-2H3,(H,53,54)(H,55,56)/b26-18+/t45-,46-/m0/s1. The Bertz CT molecular complexity index is 1090. The maximum absolute atomic E-state index is 12.7. The zero-order valence-electron chi connectivity index (χ0n) is 39.3. The number of unbranched alkanes of at least 4 members (excludes halogenated alkanes) is 32. The van der Waals surface area contributed by atoms with Crippen molar-refractivity contribution in [2.75, 3.05) is 19.8 Å². The topological polar surface area (TPSA) is 172 Å². The second kappa shape index (κ2) is 44.8. The molecule has 0 aliphatic rings. The number of allylic oxidation sites excluding steroid dienone is 2. The minimum Gasteiger partial charge on any atom is -0.480 e. The monoisotopic (exact) mass is 888 g/mol. The van der Waals surface area contributed by atoms with Crippen molar-refractivity contribution in [1.29, 1.82) is 0 Å². The molecule has 0 rings (SSSR count). The highest BCUT2D eigenvalue weighted by atomic mass is 31.2. The summed E-state index contributed by atoms with van der Waals surface area (Å²) in [5, 5.41) is 8.91. The molecule has 0 fully saturated rings. The number of carbonyl (C=O) groups excluding carboxylic acids is 2. The molecule has 3 atom stereocenters. The van der Waals surface area contributed by atoms with Crippen LogP contribution < -0.4 is 5.73 Å². The Morgan fingerprint density at radius 3 is 1.20 bits per heavy atom. The van der Waals surface area contributed by atoms with Gasteiger partial charge in [0.25, 0.3) is 0 Å². The van der Waals surface area contributed by atoms with Crippen LogP contribution in [-0.2, 0) is 37.5 Å². The number of carbonyl (C=O) groups is 3. The van der Waals surface area contributed by atoms with Gasteiger partial charge in [-0.2, -0.15) is 0 Å². The summed E-state index contributed by atoms with van der Waals surface area (Å²) in [5.41, 5.74) is 5.35. The summed E-state index contributed by atoms with van der Waals surface area (Å²) in [6.07, 6.45) is 47.1. The van der Waals surface area contributed by atoms with Crippen molar-refractivity contribution < 1.29 is 47.5 Å². The largest absolute Gasteiger partial charge is 0.480 e. The number of nitrogens with two attached hydrogens (primary N) is 1. The van der Waals surface area contributed by atoms with E-state index in [2.05, 4.69) is 30.5 Å². The molecule has 0 saturated carbocycles. The summed E-state index contributed by atoms with van der Waals surface area (Å²) in [5.74, 6) is -2.37. The Hall–Kier alpha value is -1.78. The number of esters is 2. The minimum absolute atomic E-state index is 0.166. The van der Waals surface area contributed by atoms with E-state index in [9.17, 15) is 23.8 Å². The number of ether oxygens (including phenoxy) is 2. The fourth-order valence-electron chi connectivity index (χ4n) is 7.30. The molecule has 0 aromatic heterocycles. The van der Waals surface area contributed by atoms with Crippen LogP contribution in [0.25, 0.3) is 0 Å². The highest BCUT2D eigenvalue weighted by Crippen LogP contribution is 2.43. The zero-order chi connectivity index (χ0) is 44.9. The van der Waals surface area contributed by atoms with E-state index in [0.29, 0.717) is 12.8 Å². The van der Waals surface area contributed by atoms with Gasteiger partial charge in [0.1, 0.15) is 12.6 Å². The van der Waals surface area contributed by atoms with E-state index in [1.807, 2.05) is 0 Å². The lowest BCUT2D eigenvalue weighted by Crippen LogP contribution is -2.34. The van der Waals surface area contributed by atoms with Crippen molar-refractivity contribution in [2.24, 2.45) is 5.73 Å². The van der Waals surface area contributed by atoms with Gasteiger partial charge in [0, 0.05) is 12.8 Å². The fourth-order valence-corrected chi connectivity index (χ4v) is 8.08. The van der Waals surface area contributed by atoms with Gasteiger partial charge in [0.05, 0.1) is 13.2 Å². The number of carboxylic acids is 1. The first-order valence-corrected chi connectivity index (χ1v) is 26.7. The molecule has 4 N–H and O–H groups in total. The van der Waals surface area contributed by atoms with Gasteiger partial charge in [-0.3, -0.25) is 23.4 Å². The molecule has 61 heavy (non-hydrogen) atoms. The maximum atomic E-state index is 12.7. The minimum atomic E-state index is -4.72. The van der Waals surface area contributed by atoms with Crippen molar-refractivity contribution in [2.45, 2.75) is 264 Å². The van der Waals surface area contributed by atoms with Gasteiger partial charge in [-0.15, -0.1) is 0 Å². The van der Waals surface area contributed by atoms with Crippen molar-refractivity contribution in [3.05, 3.63) is 12.2 Å². The van der Waals surface area contributed by atoms with Crippen LogP contribution in [-0.4, -0.2) is 59.9 Å². The molecule has 11 nitrogen and oxygen atoms in total. The predicted molar refractivity (Wildman–Crippen MR) is 249 cm³/mol. The van der Waals surface area contributed by atoms with Gasteiger partial charge in [0.15, 0.2) is 6.10 Å². The van der Waals surface area contributed by atoms with E-state index in [4.69, 9.17) is 24.8 Å². The quantitative estimate of drug-likeness (QED) is 0.0230. The average molecular weight is 888 g/mol. The molecule has 360 valence electrons. The molecule has 0 bridgehead atoms. The summed E-state index contributed by atoms with van der Waals surface area (Å²) in [4.78, 5) is 46.1. The molecule has 0 aromatic carbocycles. The summed E-state index contributed by atoms with van der Waals surface area (Å²) >= 11 is 0. The third-order valence-corrected chi connectivity index (χ3v) is 12.2. The van der Waals surface area contributed by atoms with Gasteiger partial charge in [-0.25, -0.2) is 4.57 Å². The first-order chi connectivity index (χ1) is 29.6. The van der Waals surface area contributed by atoms with Gasteiger partial charge in [-0.05, 0) is 38.5 Å². The Labute approximate surface area is 373 Å². The Balaban J connectivity index is 4.20. The Morgan fingerprint density at radius 2 is 0.820 bits per heavy atom. The molecule has 0 radical (unpaired) electrons. The van der Waals surface area contributed by atoms with Crippen LogP contribution >= 0.6 is 7.82 Å². The normalized spacial score (nSPS) is 13.6. The lowest BCUT2D eigenvalue weighted by Gasteiger charge is -2.20. The van der Waals surface area contributed by atoms with E-state index in [-0.39, 0.29) is 19.4 Å². The number of hydrogen-bond donors (Lipinski definition) is 3. The average Bonchev–Trinajstić information content (AvgIpc) is 3.24. The molecule has 0 saturated heterocycles. The third-order valence-electron chi connectivity index (χ3n) is 11.3. The van der Waals surface area contributed by atoms with E-state index >= 15 is 0 Å². The van der Waals surface area contributed by atoms with Crippen LogP contribution in [0.15, 0.2) is 12.2 Å².